The highest BCUT2D eigenvalue weighted by molar-refractivity contribution is 5.62. The van der Waals surface area contributed by atoms with E-state index in [-0.39, 0.29) is 0 Å². The third-order valence-corrected chi connectivity index (χ3v) is 6.07. The topological polar surface area (TPSA) is 0 Å². The SMILES string of the molecule is C1=Cc2cc(C3CCCCC3)c(C3CCCCC3)cc2C1. The molecular weight excluding hydrogens is 252 g/mol. The predicted octanol–water partition coefficient (Wildman–Crippen LogP) is 6.35. The van der Waals surface area contributed by atoms with Crippen molar-refractivity contribution in [2.24, 2.45) is 0 Å². The van der Waals surface area contributed by atoms with Gasteiger partial charge in [0.2, 0.25) is 0 Å². The molecule has 0 unspecified atom stereocenters. The molecule has 0 spiro atoms. The van der Waals surface area contributed by atoms with E-state index in [1.54, 1.807) is 16.7 Å². The van der Waals surface area contributed by atoms with Gasteiger partial charge in [-0.05, 0) is 66.2 Å². The zero-order chi connectivity index (χ0) is 14.1. The van der Waals surface area contributed by atoms with Gasteiger partial charge in [-0.15, -0.1) is 0 Å². The molecule has 0 aliphatic heterocycles. The van der Waals surface area contributed by atoms with Crippen LogP contribution in [-0.4, -0.2) is 0 Å². The molecule has 0 bridgehead atoms. The van der Waals surface area contributed by atoms with E-state index in [0.717, 1.165) is 11.8 Å². The number of fused-ring (bicyclic) bond motifs is 1. The first-order valence-corrected chi connectivity index (χ1v) is 9.25. The molecule has 2 saturated carbocycles. The number of hydrogen-bond acceptors (Lipinski definition) is 0. The number of rotatable bonds is 2. The maximum absolute atomic E-state index is 2.61. The van der Waals surface area contributed by atoms with E-state index in [1.165, 1.54) is 76.2 Å². The molecule has 0 heterocycles. The summed E-state index contributed by atoms with van der Waals surface area (Å²) in [6.07, 6.45) is 20.3. The highest BCUT2D eigenvalue weighted by atomic mass is 14.3. The van der Waals surface area contributed by atoms with E-state index >= 15 is 0 Å². The smallest absolute Gasteiger partial charge is 0.00881 e. The van der Waals surface area contributed by atoms with Crippen molar-refractivity contribution in [1.82, 2.24) is 0 Å². The molecule has 1 aromatic rings. The zero-order valence-corrected chi connectivity index (χ0v) is 13.2. The molecular formula is C21H28. The highest BCUT2D eigenvalue weighted by Crippen LogP contribution is 2.43. The third kappa shape index (κ3) is 2.70. The van der Waals surface area contributed by atoms with Crippen LogP contribution in [0.4, 0.5) is 0 Å². The summed E-state index contributed by atoms with van der Waals surface area (Å²) in [5.41, 5.74) is 6.61. The Balaban J connectivity index is 1.72. The molecule has 0 N–H and O–H groups in total. The second kappa shape index (κ2) is 5.99. The van der Waals surface area contributed by atoms with Crippen LogP contribution in [0.3, 0.4) is 0 Å². The fourth-order valence-electron chi connectivity index (χ4n) is 4.88. The van der Waals surface area contributed by atoms with E-state index in [2.05, 4.69) is 24.3 Å². The standard InChI is InChI=1S/C21H28/c1-3-8-16(9-4-1)20-14-18-12-7-13-19(18)15-21(20)17-10-5-2-6-11-17/h7,12,14-17H,1-6,8-11,13H2. The molecule has 0 aromatic heterocycles. The van der Waals surface area contributed by atoms with Crippen molar-refractivity contribution in [3.8, 4) is 0 Å². The van der Waals surface area contributed by atoms with Crippen molar-refractivity contribution in [3.05, 3.63) is 40.5 Å². The van der Waals surface area contributed by atoms with Gasteiger partial charge in [0.15, 0.2) is 0 Å². The Morgan fingerprint density at radius 3 is 1.86 bits per heavy atom. The average molecular weight is 280 g/mol. The zero-order valence-electron chi connectivity index (χ0n) is 13.2. The summed E-state index contributed by atoms with van der Waals surface area (Å²) in [5.74, 6) is 1.72. The molecule has 0 nitrogen and oxygen atoms in total. The molecule has 0 saturated heterocycles. The first-order chi connectivity index (χ1) is 10.4. The van der Waals surface area contributed by atoms with E-state index in [1.807, 2.05) is 0 Å². The van der Waals surface area contributed by atoms with Crippen LogP contribution in [0.5, 0.6) is 0 Å². The second-order valence-corrected chi connectivity index (χ2v) is 7.46. The van der Waals surface area contributed by atoms with Crippen LogP contribution in [0.25, 0.3) is 6.08 Å². The summed E-state index contributed by atoms with van der Waals surface area (Å²) < 4.78 is 0. The van der Waals surface area contributed by atoms with Gasteiger partial charge in [-0.25, -0.2) is 0 Å². The van der Waals surface area contributed by atoms with E-state index < -0.39 is 0 Å². The van der Waals surface area contributed by atoms with E-state index in [9.17, 15) is 0 Å². The number of hydrogen-bond donors (Lipinski definition) is 0. The van der Waals surface area contributed by atoms with Gasteiger partial charge in [0.1, 0.15) is 0 Å². The fourth-order valence-corrected chi connectivity index (χ4v) is 4.88. The number of allylic oxidation sites excluding steroid dienone is 1. The maximum atomic E-state index is 2.61. The molecule has 0 radical (unpaired) electrons. The van der Waals surface area contributed by atoms with Crippen molar-refractivity contribution >= 4 is 6.08 Å². The van der Waals surface area contributed by atoms with Crippen LogP contribution >= 0.6 is 0 Å². The minimum absolute atomic E-state index is 0.856. The van der Waals surface area contributed by atoms with Crippen molar-refractivity contribution in [2.75, 3.05) is 0 Å². The molecule has 2 fully saturated rings. The van der Waals surface area contributed by atoms with Crippen LogP contribution in [0.15, 0.2) is 18.2 Å². The second-order valence-electron chi connectivity index (χ2n) is 7.46. The molecule has 3 aliphatic rings. The van der Waals surface area contributed by atoms with Crippen LogP contribution in [0.1, 0.15) is 98.3 Å². The van der Waals surface area contributed by atoms with Gasteiger partial charge in [0.05, 0.1) is 0 Å². The molecule has 0 amide bonds. The summed E-state index contributed by atoms with van der Waals surface area (Å²) in [6, 6.07) is 5.19. The summed E-state index contributed by atoms with van der Waals surface area (Å²) in [7, 11) is 0. The highest BCUT2D eigenvalue weighted by Gasteiger charge is 2.25. The van der Waals surface area contributed by atoms with Gasteiger partial charge in [-0.3, -0.25) is 0 Å². The average Bonchev–Trinajstić information content (AvgIpc) is 3.03. The number of benzene rings is 1. The third-order valence-electron chi connectivity index (χ3n) is 6.07. The van der Waals surface area contributed by atoms with Crippen molar-refractivity contribution < 1.29 is 0 Å². The Morgan fingerprint density at radius 1 is 0.667 bits per heavy atom. The molecule has 112 valence electrons. The minimum Gasteiger partial charge on any atom is -0.0795 e. The van der Waals surface area contributed by atoms with Gasteiger partial charge in [0.25, 0.3) is 0 Å². The Labute approximate surface area is 129 Å². The quantitative estimate of drug-likeness (QED) is 0.592. The lowest BCUT2D eigenvalue weighted by Crippen LogP contribution is -2.13. The largest absolute Gasteiger partial charge is 0.0795 e. The molecule has 0 heteroatoms. The fraction of sp³-hybridized carbons (Fsp3) is 0.619. The predicted molar refractivity (Wildman–Crippen MR) is 90.8 cm³/mol. The summed E-state index contributed by atoms with van der Waals surface area (Å²) in [6.45, 7) is 0. The van der Waals surface area contributed by atoms with Crippen LogP contribution in [0, 0.1) is 0 Å². The van der Waals surface area contributed by atoms with E-state index in [4.69, 9.17) is 0 Å². The monoisotopic (exact) mass is 280 g/mol. The van der Waals surface area contributed by atoms with Gasteiger partial charge in [-0.2, -0.15) is 0 Å². The van der Waals surface area contributed by atoms with Crippen LogP contribution in [0.2, 0.25) is 0 Å². The van der Waals surface area contributed by atoms with Crippen molar-refractivity contribution in [3.63, 3.8) is 0 Å². The van der Waals surface area contributed by atoms with Gasteiger partial charge >= 0.3 is 0 Å². The lowest BCUT2D eigenvalue weighted by Gasteiger charge is -2.30. The molecule has 0 atom stereocenters. The lowest BCUT2D eigenvalue weighted by molar-refractivity contribution is 0.418. The normalized spacial score (nSPS) is 23.4. The maximum Gasteiger partial charge on any atom is -0.00881 e. The van der Waals surface area contributed by atoms with Crippen LogP contribution < -0.4 is 0 Å². The Morgan fingerprint density at radius 2 is 1.24 bits per heavy atom. The van der Waals surface area contributed by atoms with Gasteiger partial charge in [0, 0.05) is 0 Å². The summed E-state index contributed by atoms with van der Waals surface area (Å²) in [4.78, 5) is 0. The van der Waals surface area contributed by atoms with E-state index in [0.29, 0.717) is 0 Å². The summed E-state index contributed by atoms with van der Waals surface area (Å²) in [5, 5.41) is 0. The van der Waals surface area contributed by atoms with Crippen molar-refractivity contribution in [1.29, 1.82) is 0 Å². The Hall–Kier alpha value is -1.04. The Kier molecular flexibility index (Phi) is 3.88. The first-order valence-electron chi connectivity index (χ1n) is 9.25. The molecule has 1 aromatic carbocycles. The summed E-state index contributed by atoms with van der Waals surface area (Å²) >= 11 is 0. The molecule has 4 rings (SSSR count). The minimum atomic E-state index is 0.856. The van der Waals surface area contributed by atoms with Crippen LogP contribution in [-0.2, 0) is 6.42 Å². The first kappa shape index (κ1) is 13.6. The Bertz CT molecular complexity index is 525. The molecule has 3 aliphatic carbocycles. The van der Waals surface area contributed by atoms with Gasteiger partial charge in [-0.1, -0.05) is 62.8 Å². The lowest BCUT2D eigenvalue weighted by atomic mass is 9.75. The van der Waals surface area contributed by atoms with Crippen molar-refractivity contribution in [2.45, 2.75) is 82.5 Å². The van der Waals surface area contributed by atoms with Gasteiger partial charge < -0.3 is 0 Å². The molecule has 21 heavy (non-hydrogen) atoms.